The molecule has 1 N–H and O–H groups in total. The Bertz CT molecular complexity index is 1210. The number of likely N-dealkylation sites (tertiary alicyclic amines) is 1. The number of carbonyl (C=O) groups is 1. The number of anilines is 1. The number of H-pyrrole nitrogens is 1. The van der Waals surface area contributed by atoms with Gasteiger partial charge in [0.2, 0.25) is 5.56 Å². The van der Waals surface area contributed by atoms with Gasteiger partial charge in [0.25, 0.3) is 5.91 Å². The van der Waals surface area contributed by atoms with E-state index in [0.717, 1.165) is 23.4 Å². The molecule has 2 atom stereocenters. The average molecular weight is 474 g/mol. The molecule has 2 fully saturated rings. The maximum absolute atomic E-state index is 13.8. The van der Waals surface area contributed by atoms with Crippen LogP contribution in [0.2, 0.25) is 0 Å². The normalized spacial score (nSPS) is 20.8. The van der Waals surface area contributed by atoms with E-state index in [1.807, 2.05) is 12.1 Å². The van der Waals surface area contributed by atoms with E-state index in [4.69, 9.17) is 0 Å². The lowest BCUT2D eigenvalue weighted by molar-refractivity contribution is 0.0719. The molecule has 2 saturated heterocycles. The molecule has 2 unspecified atom stereocenters. The lowest BCUT2D eigenvalue weighted by Crippen LogP contribution is -2.55. The predicted octanol–water partition coefficient (Wildman–Crippen LogP) is 4.06. The molecule has 2 bridgehead atoms. The summed E-state index contributed by atoms with van der Waals surface area (Å²) in [6.45, 7) is 0.938. The first-order chi connectivity index (χ1) is 14.4. The molecule has 3 aromatic rings. The second-order valence-electron chi connectivity index (χ2n) is 7.84. The molecule has 5 nitrogen and oxygen atoms in total. The molecule has 0 radical (unpaired) electrons. The van der Waals surface area contributed by atoms with Crippen LogP contribution in [0.25, 0.3) is 10.9 Å². The number of benzene rings is 2. The van der Waals surface area contributed by atoms with Gasteiger partial charge in [0.1, 0.15) is 0 Å². The molecule has 1 aromatic heterocycles. The lowest BCUT2D eigenvalue weighted by Gasteiger charge is -2.42. The van der Waals surface area contributed by atoms with Crippen LogP contribution in [0, 0.1) is 11.6 Å². The molecule has 3 heterocycles. The van der Waals surface area contributed by atoms with Crippen LogP contribution < -0.4 is 10.5 Å². The van der Waals surface area contributed by atoms with Crippen molar-refractivity contribution in [2.45, 2.75) is 24.9 Å². The number of carbonyl (C=O) groups excluding carboxylic acids is 1. The first-order valence-electron chi connectivity index (χ1n) is 9.76. The zero-order valence-corrected chi connectivity index (χ0v) is 17.5. The number of piperazine rings is 1. The van der Waals surface area contributed by atoms with E-state index in [1.165, 1.54) is 12.1 Å². The Balaban J connectivity index is 1.46. The molecule has 154 valence electrons. The second kappa shape index (κ2) is 7.19. The number of pyridine rings is 1. The topological polar surface area (TPSA) is 56.4 Å². The maximum atomic E-state index is 13.8. The number of nitrogens with one attached hydrogen (secondary N) is 1. The van der Waals surface area contributed by atoms with Crippen molar-refractivity contribution in [1.29, 1.82) is 0 Å². The van der Waals surface area contributed by atoms with Gasteiger partial charge in [-0.15, -0.1) is 0 Å². The summed E-state index contributed by atoms with van der Waals surface area (Å²) in [6.07, 6.45) is 1.74. The molecule has 5 rings (SSSR count). The minimum absolute atomic E-state index is 0.0255. The Morgan fingerprint density at radius 2 is 1.73 bits per heavy atom. The van der Waals surface area contributed by atoms with Crippen molar-refractivity contribution < 1.29 is 13.6 Å². The van der Waals surface area contributed by atoms with Crippen LogP contribution in [-0.2, 0) is 0 Å². The van der Waals surface area contributed by atoms with Gasteiger partial charge in [-0.3, -0.25) is 9.59 Å². The number of amides is 1. The Morgan fingerprint density at radius 3 is 2.43 bits per heavy atom. The van der Waals surface area contributed by atoms with E-state index in [-0.39, 0.29) is 23.6 Å². The molecule has 2 aliphatic heterocycles. The quantitative estimate of drug-likeness (QED) is 0.610. The molecule has 0 saturated carbocycles. The van der Waals surface area contributed by atoms with Crippen molar-refractivity contribution in [2.24, 2.45) is 0 Å². The number of hydrogen-bond acceptors (Lipinski definition) is 3. The van der Waals surface area contributed by atoms with Gasteiger partial charge in [0, 0.05) is 58.4 Å². The third kappa shape index (κ3) is 3.19. The smallest absolute Gasteiger partial charge is 0.254 e. The van der Waals surface area contributed by atoms with Crippen LogP contribution in [0.3, 0.4) is 0 Å². The van der Waals surface area contributed by atoms with Crippen LogP contribution >= 0.6 is 15.9 Å². The van der Waals surface area contributed by atoms with Crippen molar-refractivity contribution in [3.05, 3.63) is 74.5 Å². The maximum Gasteiger partial charge on any atom is 0.254 e. The summed E-state index contributed by atoms with van der Waals surface area (Å²) in [5.74, 6) is -1.93. The Kier molecular flexibility index (Phi) is 4.61. The van der Waals surface area contributed by atoms with Gasteiger partial charge in [0.05, 0.1) is 5.56 Å². The van der Waals surface area contributed by atoms with Gasteiger partial charge in [-0.2, -0.15) is 0 Å². The monoisotopic (exact) mass is 473 g/mol. The molecule has 30 heavy (non-hydrogen) atoms. The average Bonchev–Trinajstić information content (AvgIpc) is 2.98. The number of aromatic nitrogens is 1. The number of aromatic amines is 1. The SMILES string of the molecule is O=C(c1cc(=O)[nH]c2ccc(Br)cc12)N1CC2CCC(C1)N2c1ccc(F)c(F)c1. The highest BCUT2D eigenvalue weighted by Gasteiger charge is 2.42. The Morgan fingerprint density at radius 1 is 1.00 bits per heavy atom. The van der Waals surface area contributed by atoms with Crippen molar-refractivity contribution in [1.82, 2.24) is 9.88 Å². The van der Waals surface area contributed by atoms with E-state index in [1.54, 1.807) is 17.0 Å². The summed E-state index contributed by atoms with van der Waals surface area (Å²) in [5.41, 5.74) is 1.30. The summed E-state index contributed by atoms with van der Waals surface area (Å²) in [4.78, 5) is 32.1. The van der Waals surface area contributed by atoms with Crippen LogP contribution in [0.15, 0.2) is 51.7 Å². The number of fused-ring (bicyclic) bond motifs is 3. The standard InChI is InChI=1S/C22H18BrF2N3O2/c23-12-1-6-20-16(7-12)17(9-21(29)26-20)22(30)27-10-14-2-3-15(11-27)28(14)13-4-5-18(24)19(25)8-13/h1,4-9,14-15H,2-3,10-11H2,(H,26,29). The van der Waals surface area contributed by atoms with E-state index in [0.29, 0.717) is 35.2 Å². The summed E-state index contributed by atoms with van der Waals surface area (Å²) < 4.78 is 27.9. The fourth-order valence-electron chi connectivity index (χ4n) is 4.71. The molecular formula is C22H18BrF2N3O2. The third-order valence-corrected chi connectivity index (χ3v) is 6.50. The fraction of sp³-hybridized carbons (Fsp3) is 0.273. The molecule has 2 aliphatic rings. The third-order valence-electron chi connectivity index (χ3n) is 6.01. The van der Waals surface area contributed by atoms with Crippen molar-refractivity contribution >= 4 is 38.4 Å². The van der Waals surface area contributed by atoms with Crippen molar-refractivity contribution in [3.8, 4) is 0 Å². The van der Waals surface area contributed by atoms with Gasteiger partial charge in [-0.05, 0) is 43.2 Å². The van der Waals surface area contributed by atoms with E-state index < -0.39 is 11.6 Å². The largest absolute Gasteiger partial charge is 0.362 e. The first kappa shape index (κ1) is 19.2. The molecule has 2 aromatic carbocycles. The Labute approximate surface area is 179 Å². The highest BCUT2D eigenvalue weighted by atomic mass is 79.9. The summed E-state index contributed by atoms with van der Waals surface area (Å²) in [5, 5.41) is 0.685. The first-order valence-corrected chi connectivity index (χ1v) is 10.6. The van der Waals surface area contributed by atoms with Gasteiger partial charge in [-0.25, -0.2) is 8.78 Å². The minimum Gasteiger partial charge on any atom is -0.362 e. The Hall–Kier alpha value is -2.74. The number of rotatable bonds is 2. The number of halogens is 3. The van der Waals surface area contributed by atoms with Crippen LogP contribution in [0.1, 0.15) is 23.2 Å². The summed E-state index contributed by atoms with van der Waals surface area (Å²) >= 11 is 3.42. The van der Waals surface area contributed by atoms with E-state index >= 15 is 0 Å². The van der Waals surface area contributed by atoms with Crippen molar-refractivity contribution in [2.75, 3.05) is 18.0 Å². The molecule has 1 amide bonds. The van der Waals surface area contributed by atoms with Crippen molar-refractivity contribution in [3.63, 3.8) is 0 Å². The summed E-state index contributed by atoms with van der Waals surface area (Å²) in [7, 11) is 0. The predicted molar refractivity (Wildman–Crippen MR) is 114 cm³/mol. The highest BCUT2D eigenvalue weighted by molar-refractivity contribution is 9.10. The van der Waals surface area contributed by atoms with Gasteiger partial charge in [0.15, 0.2) is 11.6 Å². The molecular weight excluding hydrogens is 456 g/mol. The molecule has 0 spiro atoms. The number of hydrogen-bond donors (Lipinski definition) is 1. The number of nitrogens with zero attached hydrogens (tertiary/aromatic N) is 2. The van der Waals surface area contributed by atoms with Gasteiger partial charge >= 0.3 is 0 Å². The van der Waals surface area contributed by atoms with Crippen LogP contribution in [0.5, 0.6) is 0 Å². The summed E-state index contributed by atoms with van der Waals surface area (Å²) in [6, 6.07) is 10.8. The highest BCUT2D eigenvalue weighted by Crippen LogP contribution is 2.36. The van der Waals surface area contributed by atoms with Gasteiger partial charge in [-0.1, -0.05) is 15.9 Å². The lowest BCUT2D eigenvalue weighted by atomic mass is 10.1. The zero-order chi connectivity index (χ0) is 21.0. The van der Waals surface area contributed by atoms with E-state index in [9.17, 15) is 18.4 Å². The molecule has 0 aliphatic carbocycles. The van der Waals surface area contributed by atoms with Crippen LogP contribution in [0.4, 0.5) is 14.5 Å². The van der Waals surface area contributed by atoms with Crippen LogP contribution in [-0.4, -0.2) is 41.0 Å². The minimum atomic E-state index is -0.869. The second-order valence-corrected chi connectivity index (χ2v) is 8.75. The molecule has 8 heteroatoms. The fourth-order valence-corrected chi connectivity index (χ4v) is 5.07. The zero-order valence-electron chi connectivity index (χ0n) is 15.9. The van der Waals surface area contributed by atoms with Gasteiger partial charge < -0.3 is 14.8 Å². The van der Waals surface area contributed by atoms with E-state index in [2.05, 4.69) is 25.8 Å².